The second kappa shape index (κ2) is 5.27. The zero-order chi connectivity index (χ0) is 15.0. The van der Waals surface area contributed by atoms with Crippen LogP contribution < -0.4 is 5.32 Å². The van der Waals surface area contributed by atoms with Crippen molar-refractivity contribution in [3.63, 3.8) is 0 Å². The van der Waals surface area contributed by atoms with E-state index in [4.69, 9.17) is 4.74 Å². The molecule has 0 radical (unpaired) electrons. The van der Waals surface area contributed by atoms with Crippen LogP contribution in [-0.4, -0.2) is 35.7 Å². The third-order valence-corrected chi connectivity index (χ3v) is 5.25. The number of imidazole rings is 1. The Hall–Kier alpha value is -1.66. The molecule has 112 valence electrons. The molecule has 0 saturated carbocycles. The molecule has 2 aromatic heterocycles. The highest BCUT2D eigenvalue weighted by Gasteiger charge is 2.34. The maximum atomic E-state index is 12.0. The lowest BCUT2D eigenvalue weighted by molar-refractivity contribution is 0.0606. The minimum Gasteiger partial charge on any atom is -0.465 e. The van der Waals surface area contributed by atoms with E-state index in [9.17, 15) is 4.79 Å². The van der Waals surface area contributed by atoms with Crippen LogP contribution in [0.25, 0.3) is 5.69 Å². The normalized spacial score (nSPS) is 21.7. The lowest BCUT2D eigenvalue weighted by Gasteiger charge is -2.24. The summed E-state index contributed by atoms with van der Waals surface area (Å²) >= 11 is 1.42. The topological polar surface area (TPSA) is 56.2 Å². The monoisotopic (exact) mass is 305 g/mol. The average molecular weight is 305 g/mol. The van der Waals surface area contributed by atoms with Crippen molar-refractivity contribution >= 4 is 17.3 Å². The molecule has 1 fully saturated rings. The highest BCUT2D eigenvalue weighted by molar-refractivity contribution is 7.12. The molecule has 3 rings (SSSR count). The Labute approximate surface area is 128 Å². The molecular weight excluding hydrogens is 286 g/mol. The van der Waals surface area contributed by atoms with Crippen molar-refractivity contribution in [2.45, 2.75) is 25.7 Å². The van der Waals surface area contributed by atoms with Gasteiger partial charge in [-0.15, -0.1) is 11.3 Å². The van der Waals surface area contributed by atoms with E-state index < -0.39 is 0 Å². The predicted molar refractivity (Wildman–Crippen MR) is 82.4 cm³/mol. The number of ether oxygens (including phenoxy) is 1. The first-order chi connectivity index (χ1) is 10.1. The van der Waals surface area contributed by atoms with Crippen LogP contribution in [-0.2, 0) is 10.2 Å². The molecule has 1 saturated heterocycles. The van der Waals surface area contributed by atoms with Crippen molar-refractivity contribution in [3.8, 4) is 5.69 Å². The van der Waals surface area contributed by atoms with Crippen LogP contribution in [0.5, 0.6) is 0 Å². The zero-order valence-electron chi connectivity index (χ0n) is 12.5. The van der Waals surface area contributed by atoms with Gasteiger partial charge in [0.15, 0.2) is 0 Å². The van der Waals surface area contributed by atoms with Gasteiger partial charge in [0.1, 0.15) is 4.88 Å². The van der Waals surface area contributed by atoms with Crippen LogP contribution in [0.15, 0.2) is 17.9 Å². The maximum Gasteiger partial charge on any atom is 0.350 e. The molecule has 2 aromatic rings. The standard InChI is InChI=1S/C15H19N3O2S/c1-10-7-21-13(14(19)20-3)12(10)18-9-17-6-11(18)15(2)4-5-16-8-15/h6-7,9,16H,4-5,8H2,1-3H3. The van der Waals surface area contributed by atoms with E-state index in [0.717, 1.165) is 36.5 Å². The van der Waals surface area contributed by atoms with Gasteiger partial charge >= 0.3 is 5.97 Å². The van der Waals surface area contributed by atoms with Gasteiger partial charge in [0.2, 0.25) is 0 Å². The number of nitrogens with one attached hydrogen (secondary N) is 1. The molecule has 21 heavy (non-hydrogen) atoms. The summed E-state index contributed by atoms with van der Waals surface area (Å²) in [6.07, 6.45) is 4.76. The number of aromatic nitrogens is 2. The van der Waals surface area contributed by atoms with Crippen LogP contribution in [0.4, 0.5) is 0 Å². The van der Waals surface area contributed by atoms with Crippen molar-refractivity contribution in [3.05, 3.63) is 34.0 Å². The average Bonchev–Trinajstić information content (AvgIpc) is 3.17. The van der Waals surface area contributed by atoms with Crippen molar-refractivity contribution in [2.24, 2.45) is 0 Å². The van der Waals surface area contributed by atoms with Crippen LogP contribution in [0.2, 0.25) is 0 Å². The number of aryl methyl sites for hydroxylation is 1. The number of hydrogen-bond acceptors (Lipinski definition) is 5. The third-order valence-electron chi connectivity index (χ3n) is 4.18. The van der Waals surface area contributed by atoms with Crippen molar-refractivity contribution in [1.29, 1.82) is 0 Å². The first-order valence-electron chi connectivity index (χ1n) is 6.97. The molecule has 0 amide bonds. The van der Waals surface area contributed by atoms with E-state index in [2.05, 4.69) is 17.2 Å². The second-order valence-electron chi connectivity index (χ2n) is 5.72. The smallest absolute Gasteiger partial charge is 0.350 e. The van der Waals surface area contributed by atoms with Crippen molar-refractivity contribution < 1.29 is 9.53 Å². The van der Waals surface area contributed by atoms with Crippen LogP contribution >= 0.6 is 11.3 Å². The zero-order valence-corrected chi connectivity index (χ0v) is 13.3. The number of methoxy groups -OCH3 is 1. The molecule has 0 bridgehead atoms. The van der Waals surface area contributed by atoms with E-state index >= 15 is 0 Å². The lowest BCUT2D eigenvalue weighted by Crippen LogP contribution is -2.28. The van der Waals surface area contributed by atoms with E-state index in [0.29, 0.717) is 4.88 Å². The number of rotatable bonds is 3. The molecule has 1 N–H and O–H groups in total. The lowest BCUT2D eigenvalue weighted by atomic mass is 9.86. The summed E-state index contributed by atoms with van der Waals surface area (Å²) < 4.78 is 6.95. The molecule has 1 atom stereocenters. The highest BCUT2D eigenvalue weighted by atomic mass is 32.1. The number of carbonyl (C=O) groups is 1. The van der Waals surface area contributed by atoms with Gasteiger partial charge in [-0.25, -0.2) is 9.78 Å². The summed E-state index contributed by atoms with van der Waals surface area (Å²) in [5.74, 6) is -0.294. The second-order valence-corrected chi connectivity index (χ2v) is 6.60. The fourth-order valence-corrected chi connectivity index (χ4v) is 3.89. The minimum atomic E-state index is -0.294. The summed E-state index contributed by atoms with van der Waals surface area (Å²) in [4.78, 5) is 16.9. The van der Waals surface area contributed by atoms with E-state index in [1.165, 1.54) is 18.4 Å². The highest BCUT2D eigenvalue weighted by Crippen LogP contribution is 2.35. The van der Waals surface area contributed by atoms with Gasteiger partial charge in [0.05, 0.1) is 19.1 Å². The van der Waals surface area contributed by atoms with Crippen LogP contribution in [0, 0.1) is 6.92 Å². The van der Waals surface area contributed by atoms with Gasteiger partial charge < -0.3 is 14.6 Å². The molecule has 5 nitrogen and oxygen atoms in total. The van der Waals surface area contributed by atoms with Gasteiger partial charge in [-0.3, -0.25) is 0 Å². The number of esters is 1. The quantitative estimate of drug-likeness (QED) is 0.884. The van der Waals surface area contributed by atoms with Gasteiger partial charge in [-0.05, 0) is 30.8 Å². The Morgan fingerprint density at radius 2 is 2.38 bits per heavy atom. The number of thiophene rings is 1. The Morgan fingerprint density at radius 3 is 3.05 bits per heavy atom. The molecule has 1 unspecified atom stereocenters. The summed E-state index contributed by atoms with van der Waals surface area (Å²) in [7, 11) is 1.41. The number of carbonyl (C=O) groups excluding carboxylic acids is 1. The minimum absolute atomic E-state index is 0.0399. The Kier molecular flexibility index (Phi) is 3.59. The first-order valence-corrected chi connectivity index (χ1v) is 7.85. The van der Waals surface area contributed by atoms with Crippen LogP contribution in [0.1, 0.15) is 34.3 Å². The fraction of sp³-hybridized carbons (Fsp3) is 0.467. The molecule has 0 aromatic carbocycles. The SMILES string of the molecule is COC(=O)c1scc(C)c1-n1cncc1C1(C)CCNC1. The van der Waals surface area contributed by atoms with Crippen molar-refractivity contribution in [1.82, 2.24) is 14.9 Å². The fourth-order valence-electron chi connectivity index (χ4n) is 2.93. The summed E-state index contributed by atoms with van der Waals surface area (Å²) in [6.45, 7) is 6.18. The largest absolute Gasteiger partial charge is 0.465 e. The van der Waals surface area contributed by atoms with Gasteiger partial charge in [-0.1, -0.05) is 6.92 Å². The Morgan fingerprint density at radius 1 is 1.57 bits per heavy atom. The maximum absolute atomic E-state index is 12.0. The molecule has 0 aliphatic carbocycles. The molecule has 3 heterocycles. The summed E-state index contributed by atoms with van der Waals surface area (Å²) in [6, 6.07) is 0. The molecule has 6 heteroatoms. The van der Waals surface area contributed by atoms with Gasteiger partial charge in [0, 0.05) is 23.9 Å². The first kappa shape index (κ1) is 14.3. The molecule has 1 aliphatic heterocycles. The summed E-state index contributed by atoms with van der Waals surface area (Å²) in [5, 5.41) is 5.39. The number of hydrogen-bond donors (Lipinski definition) is 1. The predicted octanol–water partition coefficient (Wildman–Crippen LogP) is 2.28. The molecule has 1 aliphatic rings. The third kappa shape index (κ3) is 2.28. The van der Waals surface area contributed by atoms with E-state index in [-0.39, 0.29) is 11.4 Å². The Bertz CT molecular complexity index is 668. The molecular formula is C15H19N3O2S. The summed E-state index contributed by atoms with van der Waals surface area (Å²) in [5.41, 5.74) is 3.14. The van der Waals surface area contributed by atoms with Crippen LogP contribution in [0.3, 0.4) is 0 Å². The molecule has 0 spiro atoms. The van der Waals surface area contributed by atoms with Crippen molar-refractivity contribution in [2.75, 3.05) is 20.2 Å². The van der Waals surface area contributed by atoms with Gasteiger partial charge in [-0.2, -0.15) is 0 Å². The van der Waals surface area contributed by atoms with E-state index in [1.54, 1.807) is 6.33 Å². The van der Waals surface area contributed by atoms with Gasteiger partial charge in [0.25, 0.3) is 0 Å². The Balaban J connectivity index is 2.13. The van der Waals surface area contributed by atoms with E-state index in [1.807, 2.05) is 23.1 Å². The number of nitrogens with zero attached hydrogens (tertiary/aromatic N) is 2.